The lowest BCUT2D eigenvalue weighted by molar-refractivity contribution is 0.0732. The molecular formula is C15H19N3OS. The predicted molar refractivity (Wildman–Crippen MR) is 79.9 cm³/mol. The normalized spacial score (nSPS) is 18.6. The van der Waals surface area contributed by atoms with E-state index in [1.165, 1.54) is 4.88 Å². The summed E-state index contributed by atoms with van der Waals surface area (Å²) in [5.74, 6) is 0.0551. The number of aromatic amines is 1. The summed E-state index contributed by atoms with van der Waals surface area (Å²) in [4.78, 5) is 15.9. The van der Waals surface area contributed by atoms with E-state index in [-0.39, 0.29) is 11.9 Å². The zero-order chi connectivity index (χ0) is 13.9. The summed E-state index contributed by atoms with van der Waals surface area (Å²) in [6, 6.07) is 6.30. The van der Waals surface area contributed by atoms with Gasteiger partial charge < -0.3 is 4.90 Å². The molecule has 1 atom stereocenters. The third-order valence-corrected chi connectivity index (χ3v) is 4.73. The fourth-order valence-corrected chi connectivity index (χ4v) is 3.68. The SMILES string of the molecule is CCCc1cc(C(=O)N2CCCC2c2cccs2)n[nH]1. The number of thiophene rings is 1. The van der Waals surface area contributed by atoms with E-state index in [9.17, 15) is 4.79 Å². The van der Waals surface area contributed by atoms with E-state index in [4.69, 9.17) is 0 Å². The van der Waals surface area contributed by atoms with Gasteiger partial charge >= 0.3 is 0 Å². The lowest BCUT2D eigenvalue weighted by Gasteiger charge is -2.22. The summed E-state index contributed by atoms with van der Waals surface area (Å²) in [5.41, 5.74) is 1.60. The van der Waals surface area contributed by atoms with Gasteiger partial charge in [0.25, 0.3) is 5.91 Å². The van der Waals surface area contributed by atoms with E-state index in [1.54, 1.807) is 11.3 Å². The van der Waals surface area contributed by atoms with Crippen LogP contribution >= 0.6 is 11.3 Å². The molecule has 106 valence electrons. The first kappa shape index (κ1) is 13.4. The molecule has 20 heavy (non-hydrogen) atoms. The maximum atomic E-state index is 12.6. The van der Waals surface area contributed by atoms with Gasteiger partial charge in [-0.05, 0) is 36.8 Å². The molecule has 0 aromatic carbocycles. The van der Waals surface area contributed by atoms with Crippen molar-refractivity contribution in [2.45, 2.75) is 38.6 Å². The van der Waals surface area contributed by atoms with Crippen LogP contribution in [-0.4, -0.2) is 27.5 Å². The first-order valence-electron chi connectivity index (χ1n) is 7.18. The molecule has 1 aliphatic heterocycles. The molecular weight excluding hydrogens is 270 g/mol. The number of aryl methyl sites for hydroxylation is 1. The molecule has 1 N–H and O–H groups in total. The van der Waals surface area contributed by atoms with Crippen molar-refractivity contribution in [2.75, 3.05) is 6.54 Å². The van der Waals surface area contributed by atoms with Crippen molar-refractivity contribution in [3.05, 3.63) is 39.8 Å². The highest BCUT2D eigenvalue weighted by molar-refractivity contribution is 7.10. The van der Waals surface area contributed by atoms with Crippen LogP contribution in [0.4, 0.5) is 0 Å². The van der Waals surface area contributed by atoms with Crippen LogP contribution in [0.15, 0.2) is 23.6 Å². The van der Waals surface area contributed by atoms with Crippen LogP contribution < -0.4 is 0 Å². The van der Waals surface area contributed by atoms with Gasteiger partial charge in [-0.15, -0.1) is 11.3 Å². The minimum absolute atomic E-state index is 0.0551. The molecule has 4 nitrogen and oxygen atoms in total. The van der Waals surface area contributed by atoms with E-state index in [2.05, 4.69) is 34.6 Å². The molecule has 3 heterocycles. The zero-order valence-corrected chi connectivity index (χ0v) is 12.4. The Balaban J connectivity index is 1.78. The van der Waals surface area contributed by atoms with Gasteiger partial charge in [-0.3, -0.25) is 9.89 Å². The van der Waals surface area contributed by atoms with Crippen LogP contribution in [-0.2, 0) is 6.42 Å². The summed E-state index contributed by atoms with van der Waals surface area (Å²) in [6.07, 6.45) is 4.12. The van der Waals surface area contributed by atoms with Crippen LogP contribution in [0.25, 0.3) is 0 Å². The summed E-state index contributed by atoms with van der Waals surface area (Å²) in [5, 5.41) is 9.22. The van der Waals surface area contributed by atoms with Crippen molar-refractivity contribution < 1.29 is 4.79 Å². The summed E-state index contributed by atoms with van der Waals surface area (Å²) >= 11 is 1.73. The molecule has 0 radical (unpaired) electrons. The Morgan fingerprint density at radius 3 is 3.25 bits per heavy atom. The monoisotopic (exact) mass is 289 g/mol. The van der Waals surface area contributed by atoms with Gasteiger partial charge in [0.05, 0.1) is 6.04 Å². The summed E-state index contributed by atoms with van der Waals surface area (Å²) in [7, 11) is 0. The largest absolute Gasteiger partial charge is 0.329 e. The molecule has 2 aromatic heterocycles. The van der Waals surface area contributed by atoms with Gasteiger partial charge in [0.15, 0.2) is 0 Å². The number of nitrogens with zero attached hydrogens (tertiary/aromatic N) is 2. The van der Waals surface area contributed by atoms with Crippen LogP contribution in [0.2, 0.25) is 0 Å². The maximum Gasteiger partial charge on any atom is 0.274 e. The Labute approximate surface area is 122 Å². The lowest BCUT2D eigenvalue weighted by atomic mass is 10.2. The highest BCUT2D eigenvalue weighted by atomic mass is 32.1. The quantitative estimate of drug-likeness (QED) is 0.937. The Kier molecular flexibility index (Phi) is 3.87. The second-order valence-corrected chi connectivity index (χ2v) is 6.18. The molecule has 1 unspecified atom stereocenters. The van der Waals surface area contributed by atoms with Crippen LogP contribution in [0, 0.1) is 0 Å². The third-order valence-electron chi connectivity index (χ3n) is 3.75. The van der Waals surface area contributed by atoms with E-state index >= 15 is 0 Å². The van der Waals surface area contributed by atoms with Crippen LogP contribution in [0.3, 0.4) is 0 Å². The van der Waals surface area contributed by atoms with E-state index < -0.39 is 0 Å². The third kappa shape index (κ3) is 2.50. The molecule has 1 saturated heterocycles. The number of rotatable bonds is 4. The van der Waals surface area contributed by atoms with Gasteiger partial charge in [0.1, 0.15) is 5.69 Å². The van der Waals surface area contributed by atoms with Crippen molar-refractivity contribution in [3.8, 4) is 0 Å². The lowest BCUT2D eigenvalue weighted by Crippen LogP contribution is -2.30. The molecule has 0 aliphatic carbocycles. The average Bonchev–Trinajstić information content (AvgIpc) is 3.19. The summed E-state index contributed by atoms with van der Waals surface area (Å²) < 4.78 is 0. The molecule has 0 bridgehead atoms. The van der Waals surface area contributed by atoms with Gasteiger partial charge in [-0.1, -0.05) is 19.4 Å². The minimum atomic E-state index is 0.0551. The number of hydrogen-bond acceptors (Lipinski definition) is 3. The molecule has 1 amide bonds. The minimum Gasteiger partial charge on any atom is -0.329 e. The van der Waals surface area contributed by atoms with E-state index in [1.807, 2.05) is 11.0 Å². The molecule has 2 aromatic rings. The van der Waals surface area contributed by atoms with Gasteiger partial charge in [0, 0.05) is 17.1 Å². The molecule has 0 saturated carbocycles. The standard InChI is InChI=1S/C15H19N3OS/c1-2-5-11-10-12(17-16-11)15(19)18-8-3-6-13(18)14-7-4-9-20-14/h4,7,9-10,13H,2-3,5-6,8H2,1H3,(H,16,17). The Hall–Kier alpha value is -1.62. The molecule has 1 aliphatic rings. The topological polar surface area (TPSA) is 49.0 Å². The fraction of sp³-hybridized carbons (Fsp3) is 0.467. The number of likely N-dealkylation sites (tertiary alicyclic amines) is 1. The zero-order valence-electron chi connectivity index (χ0n) is 11.6. The van der Waals surface area contributed by atoms with Crippen molar-refractivity contribution in [1.29, 1.82) is 0 Å². The number of H-pyrrole nitrogens is 1. The van der Waals surface area contributed by atoms with Gasteiger partial charge in [-0.2, -0.15) is 5.10 Å². The van der Waals surface area contributed by atoms with E-state index in [0.717, 1.165) is 37.9 Å². The number of nitrogens with one attached hydrogen (secondary N) is 1. The average molecular weight is 289 g/mol. The first-order valence-corrected chi connectivity index (χ1v) is 8.06. The van der Waals surface area contributed by atoms with Gasteiger partial charge in [-0.25, -0.2) is 0 Å². The van der Waals surface area contributed by atoms with Crippen LogP contribution in [0.5, 0.6) is 0 Å². The maximum absolute atomic E-state index is 12.6. The highest BCUT2D eigenvalue weighted by Crippen LogP contribution is 2.35. The van der Waals surface area contributed by atoms with E-state index in [0.29, 0.717) is 5.69 Å². The summed E-state index contributed by atoms with van der Waals surface area (Å²) in [6.45, 7) is 2.95. The van der Waals surface area contributed by atoms with Crippen molar-refractivity contribution in [2.24, 2.45) is 0 Å². The number of carbonyl (C=O) groups is 1. The fourth-order valence-electron chi connectivity index (χ4n) is 2.80. The number of carbonyl (C=O) groups excluding carboxylic acids is 1. The van der Waals surface area contributed by atoms with Crippen molar-refractivity contribution in [1.82, 2.24) is 15.1 Å². The Bertz CT molecular complexity index is 576. The number of amides is 1. The smallest absolute Gasteiger partial charge is 0.274 e. The van der Waals surface area contributed by atoms with Gasteiger partial charge in [0.2, 0.25) is 0 Å². The Morgan fingerprint density at radius 1 is 1.60 bits per heavy atom. The highest BCUT2D eigenvalue weighted by Gasteiger charge is 2.32. The Morgan fingerprint density at radius 2 is 2.50 bits per heavy atom. The molecule has 1 fully saturated rings. The molecule has 0 spiro atoms. The second kappa shape index (κ2) is 5.79. The molecule has 3 rings (SSSR count). The predicted octanol–water partition coefficient (Wildman–Crippen LogP) is 3.40. The number of hydrogen-bond donors (Lipinski definition) is 1. The molecule has 5 heteroatoms. The van der Waals surface area contributed by atoms with Crippen molar-refractivity contribution >= 4 is 17.2 Å². The van der Waals surface area contributed by atoms with Crippen molar-refractivity contribution in [3.63, 3.8) is 0 Å². The first-order chi connectivity index (χ1) is 9.79. The second-order valence-electron chi connectivity index (χ2n) is 5.20. The number of aromatic nitrogens is 2. The van der Waals surface area contributed by atoms with Crippen LogP contribution in [0.1, 0.15) is 53.3 Å².